The molecule has 0 atom stereocenters. The second-order valence-electron chi connectivity index (χ2n) is 2.42. The van der Waals surface area contributed by atoms with Crippen LogP contribution >= 0.6 is 12.4 Å². The number of hydrogen-bond donors (Lipinski definition) is 1. The number of nitrogens with zero attached hydrogens (tertiary/aromatic N) is 2. The summed E-state index contributed by atoms with van der Waals surface area (Å²) >= 11 is 0. The minimum atomic E-state index is -4.20. The lowest BCUT2D eigenvalue weighted by atomic mass is 10.3. The Balaban J connectivity index is 0.00000169. The smallest absolute Gasteiger partial charge is 0.339 e. The SMILES string of the molecule is Cl.NCc1noc(CCC(F)(F)F)n1. The topological polar surface area (TPSA) is 64.9 Å². The Kier molecular flexibility index (Phi) is 4.86. The summed E-state index contributed by atoms with van der Waals surface area (Å²) in [5.41, 5.74) is 5.14. The number of rotatable bonds is 3. The second kappa shape index (κ2) is 5.16. The summed E-state index contributed by atoms with van der Waals surface area (Å²) in [6.45, 7) is 0.0650. The van der Waals surface area contributed by atoms with Crippen molar-refractivity contribution < 1.29 is 17.7 Å². The van der Waals surface area contributed by atoms with Crippen LogP contribution in [0.1, 0.15) is 18.1 Å². The molecule has 2 N–H and O–H groups in total. The standard InChI is InChI=1S/C6H8F3N3O.ClH/c7-6(8,9)2-1-5-11-4(3-10)12-13-5;/h1-3,10H2;1H. The fraction of sp³-hybridized carbons (Fsp3) is 0.667. The van der Waals surface area contributed by atoms with Gasteiger partial charge < -0.3 is 10.3 Å². The van der Waals surface area contributed by atoms with Gasteiger partial charge in [0, 0.05) is 6.42 Å². The summed E-state index contributed by atoms with van der Waals surface area (Å²) in [5, 5.41) is 3.36. The number of halogens is 4. The normalized spacial score (nSPS) is 11.1. The van der Waals surface area contributed by atoms with E-state index in [-0.39, 0.29) is 37.1 Å². The molecule has 0 amide bonds. The van der Waals surface area contributed by atoms with E-state index in [0.29, 0.717) is 0 Å². The summed E-state index contributed by atoms with van der Waals surface area (Å²) < 4.78 is 39.7. The number of alkyl halides is 3. The lowest BCUT2D eigenvalue weighted by Gasteiger charge is -2.01. The van der Waals surface area contributed by atoms with Crippen molar-refractivity contribution in [1.29, 1.82) is 0 Å². The number of aryl methyl sites for hydroxylation is 1. The van der Waals surface area contributed by atoms with E-state index in [1.807, 2.05) is 0 Å². The van der Waals surface area contributed by atoms with Gasteiger partial charge in [0.2, 0.25) is 5.89 Å². The molecule has 1 aromatic heterocycles. The zero-order valence-corrected chi connectivity index (χ0v) is 7.86. The molecule has 0 saturated carbocycles. The maximum absolute atomic E-state index is 11.7. The van der Waals surface area contributed by atoms with Gasteiger partial charge in [-0.15, -0.1) is 12.4 Å². The van der Waals surface area contributed by atoms with Crippen LogP contribution in [0.25, 0.3) is 0 Å². The van der Waals surface area contributed by atoms with Crippen LogP contribution in [0, 0.1) is 0 Å². The van der Waals surface area contributed by atoms with Crippen molar-refractivity contribution in [1.82, 2.24) is 10.1 Å². The van der Waals surface area contributed by atoms with Crippen molar-refractivity contribution in [3.8, 4) is 0 Å². The number of aromatic nitrogens is 2. The van der Waals surface area contributed by atoms with Crippen molar-refractivity contribution in [3.63, 3.8) is 0 Å². The minimum Gasteiger partial charge on any atom is -0.339 e. The summed E-state index contributed by atoms with van der Waals surface area (Å²) in [6.07, 6.45) is -5.45. The number of nitrogens with two attached hydrogens (primary N) is 1. The monoisotopic (exact) mass is 231 g/mol. The highest BCUT2D eigenvalue weighted by molar-refractivity contribution is 5.85. The molecule has 0 unspecified atom stereocenters. The van der Waals surface area contributed by atoms with E-state index >= 15 is 0 Å². The summed E-state index contributed by atoms with van der Waals surface area (Å²) in [4.78, 5) is 3.63. The van der Waals surface area contributed by atoms with Crippen LogP contribution in [0.4, 0.5) is 13.2 Å². The molecule has 0 radical (unpaired) electrons. The molecule has 14 heavy (non-hydrogen) atoms. The highest BCUT2D eigenvalue weighted by Gasteiger charge is 2.27. The zero-order chi connectivity index (χ0) is 9.90. The highest BCUT2D eigenvalue weighted by atomic mass is 35.5. The molecule has 1 rings (SSSR count). The van der Waals surface area contributed by atoms with Crippen LogP contribution in [-0.4, -0.2) is 16.3 Å². The van der Waals surface area contributed by atoms with Crippen molar-refractivity contribution in [2.45, 2.75) is 25.6 Å². The van der Waals surface area contributed by atoms with Crippen LogP contribution in [0.15, 0.2) is 4.52 Å². The van der Waals surface area contributed by atoms with E-state index in [9.17, 15) is 13.2 Å². The first-order valence-electron chi connectivity index (χ1n) is 3.59. The molecule has 0 aromatic carbocycles. The molecule has 0 aliphatic heterocycles. The summed E-state index contributed by atoms with van der Waals surface area (Å²) in [6, 6.07) is 0. The second-order valence-corrected chi connectivity index (χ2v) is 2.42. The predicted octanol–water partition coefficient (Wildman–Crippen LogP) is 1.45. The van der Waals surface area contributed by atoms with Crippen molar-refractivity contribution >= 4 is 12.4 Å². The molecule has 1 heterocycles. The summed E-state index contributed by atoms with van der Waals surface area (Å²) in [5.74, 6) is 0.190. The molecule has 4 nitrogen and oxygen atoms in total. The fourth-order valence-electron chi connectivity index (χ4n) is 0.723. The Hall–Kier alpha value is -0.820. The lowest BCUT2D eigenvalue weighted by Crippen LogP contribution is -2.08. The van der Waals surface area contributed by atoms with Crippen LogP contribution in [0.2, 0.25) is 0 Å². The molecule has 0 bridgehead atoms. The first-order chi connectivity index (χ1) is 6.01. The van der Waals surface area contributed by atoms with E-state index in [0.717, 1.165) is 0 Å². The van der Waals surface area contributed by atoms with E-state index in [2.05, 4.69) is 14.7 Å². The maximum Gasteiger partial charge on any atom is 0.389 e. The van der Waals surface area contributed by atoms with Crippen molar-refractivity contribution in [2.24, 2.45) is 5.73 Å². The van der Waals surface area contributed by atoms with E-state index in [4.69, 9.17) is 5.73 Å². The van der Waals surface area contributed by atoms with Gasteiger partial charge in [-0.05, 0) is 0 Å². The first-order valence-corrected chi connectivity index (χ1v) is 3.59. The molecule has 82 valence electrons. The molecule has 0 aliphatic carbocycles. The van der Waals surface area contributed by atoms with Gasteiger partial charge in [-0.1, -0.05) is 5.16 Å². The Bertz CT molecular complexity index is 276. The maximum atomic E-state index is 11.7. The Labute approximate surface area is 84.1 Å². The van der Waals surface area contributed by atoms with Gasteiger partial charge in [-0.3, -0.25) is 0 Å². The molecule has 0 aliphatic rings. The Morgan fingerprint density at radius 2 is 2.00 bits per heavy atom. The van der Waals surface area contributed by atoms with Crippen LogP contribution < -0.4 is 5.73 Å². The molecule has 1 aromatic rings. The van der Waals surface area contributed by atoms with Gasteiger partial charge in [0.25, 0.3) is 0 Å². The summed E-state index contributed by atoms with van der Waals surface area (Å²) in [7, 11) is 0. The van der Waals surface area contributed by atoms with Crippen LogP contribution in [0.5, 0.6) is 0 Å². The van der Waals surface area contributed by atoms with Gasteiger partial charge in [0.1, 0.15) is 0 Å². The Morgan fingerprint density at radius 3 is 2.43 bits per heavy atom. The van der Waals surface area contributed by atoms with Gasteiger partial charge in [-0.2, -0.15) is 18.2 Å². The fourth-order valence-corrected chi connectivity index (χ4v) is 0.723. The average Bonchev–Trinajstić information content (AvgIpc) is 2.47. The quantitative estimate of drug-likeness (QED) is 0.855. The largest absolute Gasteiger partial charge is 0.389 e. The predicted molar refractivity (Wildman–Crippen MR) is 43.8 cm³/mol. The van der Waals surface area contributed by atoms with Gasteiger partial charge in [-0.25, -0.2) is 0 Å². The van der Waals surface area contributed by atoms with Gasteiger partial charge in [0.05, 0.1) is 13.0 Å². The third-order valence-corrected chi connectivity index (χ3v) is 1.32. The minimum absolute atomic E-state index is 0. The van der Waals surface area contributed by atoms with E-state index in [1.165, 1.54) is 0 Å². The average molecular weight is 232 g/mol. The third kappa shape index (κ3) is 4.43. The van der Waals surface area contributed by atoms with Crippen LogP contribution in [-0.2, 0) is 13.0 Å². The molecule has 0 fully saturated rings. The van der Waals surface area contributed by atoms with Crippen molar-refractivity contribution in [3.05, 3.63) is 11.7 Å². The molecular formula is C6H9ClF3N3O. The van der Waals surface area contributed by atoms with Crippen LogP contribution in [0.3, 0.4) is 0 Å². The zero-order valence-electron chi connectivity index (χ0n) is 7.04. The molecule has 0 spiro atoms. The third-order valence-electron chi connectivity index (χ3n) is 1.32. The van der Waals surface area contributed by atoms with E-state index in [1.54, 1.807) is 0 Å². The van der Waals surface area contributed by atoms with Gasteiger partial charge >= 0.3 is 6.18 Å². The van der Waals surface area contributed by atoms with Crippen molar-refractivity contribution in [2.75, 3.05) is 0 Å². The lowest BCUT2D eigenvalue weighted by molar-refractivity contribution is -0.134. The molecular weight excluding hydrogens is 223 g/mol. The molecule has 0 saturated heterocycles. The first kappa shape index (κ1) is 13.2. The van der Waals surface area contributed by atoms with Gasteiger partial charge in [0.15, 0.2) is 5.82 Å². The van der Waals surface area contributed by atoms with E-state index < -0.39 is 12.6 Å². The molecule has 8 heteroatoms. The highest BCUT2D eigenvalue weighted by Crippen LogP contribution is 2.21. The number of hydrogen-bond acceptors (Lipinski definition) is 4. The Morgan fingerprint density at radius 1 is 1.36 bits per heavy atom.